The lowest BCUT2D eigenvalue weighted by Gasteiger charge is -2.10. The molecule has 0 fully saturated rings. The van der Waals surface area contributed by atoms with E-state index in [0.717, 1.165) is 11.3 Å². The quantitative estimate of drug-likeness (QED) is 0.908. The minimum atomic E-state index is -0.248. The molecule has 21 heavy (non-hydrogen) atoms. The van der Waals surface area contributed by atoms with E-state index in [4.69, 9.17) is 28.9 Å². The van der Waals surface area contributed by atoms with Gasteiger partial charge in [-0.3, -0.25) is 9.48 Å². The van der Waals surface area contributed by atoms with Gasteiger partial charge in [-0.15, -0.1) is 0 Å². The van der Waals surface area contributed by atoms with Crippen molar-refractivity contribution in [3.05, 3.63) is 39.1 Å². The maximum Gasteiger partial charge on any atom is 0.246 e. The van der Waals surface area contributed by atoms with Crippen LogP contribution in [0.15, 0.2) is 12.1 Å². The Morgan fingerprint density at radius 3 is 2.52 bits per heavy atom. The van der Waals surface area contributed by atoms with Crippen molar-refractivity contribution >= 4 is 40.5 Å². The summed E-state index contributed by atoms with van der Waals surface area (Å²) in [6, 6.07) is 3.34. The molecule has 0 aliphatic rings. The number of nitrogen functional groups attached to an aromatic ring is 1. The van der Waals surface area contributed by atoms with Gasteiger partial charge in [-0.2, -0.15) is 5.10 Å². The Labute approximate surface area is 133 Å². The van der Waals surface area contributed by atoms with Crippen molar-refractivity contribution in [1.82, 2.24) is 9.78 Å². The maximum atomic E-state index is 12.1. The summed E-state index contributed by atoms with van der Waals surface area (Å²) in [5, 5.41) is 7.93. The van der Waals surface area contributed by atoms with E-state index in [0.29, 0.717) is 27.1 Å². The summed E-state index contributed by atoms with van der Waals surface area (Å²) in [5.74, 6) is -0.248. The molecule has 0 saturated carbocycles. The van der Waals surface area contributed by atoms with Crippen LogP contribution in [0.25, 0.3) is 0 Å². The number of rotatable bonds is 3. The fourth-order valence-corrected chi connectivity index (χ4v) is 2.36. The van der Waals surface area contributed by atoms with Gasteiger partial charge < -0.3 is 11.1 Å². The Hall–Kier alpha value is -1.72. The summed E-state index contributed by atoms with van der Waals surface area (Å²) in [6.07, 6.45) is 0. The van der Waals surface area contributed by atoms with Crippen molar-refractivity contribution < 1.29 is 4.79 Å². The van der Waals surface area contributed by atoms with Crippen LogP contribution >= 0.6 is 23.2 Å². The van der Waals surface area contributed by atoms with Gasteiger partial charge in [0.15, 0.2) is 0 Å². The van der Waals surface area contributed by atoms with Crippen LogP contribution in [0.5, 0.6) is 0 Å². The number of carbonyl (C=O) groups excluding carboxylic acids is 1. The average molecular weight is 327 g/mol. The van der Waals surface area contributed by atoms with Gasteiger partial charge in [-0.25, -0.2) is 0 Å². The molecule has 1 aromatic heterocycles. The van der Waals surface area contributed by atoms with E-state index >= 15 is 0 Å². The number of carbonyl (C=O) groups is 1. The molecule has 1 amide bonds. The first-order valence-electron chi connectivity index (χ1n) is 6.34. The number of halogens is 2. The van der Waals surface area contributed by atoms with Gasteiger partial charge in [-0.05, 0) is 38.5 Å². The molecule has 2 aromatic rings. The van der Waals surface area contributed by atoms with E-state index in [2.05, 4.69) is 10.4 Å². The van der Waals surface area contributed by atoms with Gasteiger partial charge in [0.05, 0.1) is 27.8 Å². The summed E-state index contributed by atoms with van der Waals surface area (Å²) in [6.45, 7) is 5.52. The number of hydrogen-bond acceptors (Lipinski definition) is 3. The van der Waals surface area contributed by atoms with Crippen LogP contribution in [0.3, 0.4) is 0 Å². The number of nitrogens with zero attached hydrogens (tertiary/aromatic N) is 2. The lowest BCUT2D eigenvalue weighted by molar-refractivity contribution is -0.116. The minimum Gasteiger partial charge on any atom is -0.396 e. The zero-order valence-corrected chi connectivity index (χ0v) is 13.5. The first-order chi connectivity index (χ1) is 9.79. The van der Waals surface area contributed by atoms with E-state index in [-0.39, 0.29) is 12.5 Å². The minimum absolute atomic E-state index is 0.0612. The van der Waals surface area contributed by atoms with Crippen LogP contribution < -0.4 is 11.1 Å². The van der Waals surface area contributed by atoms with Crippen molar-refractivity contribution in [2.75, 3.05) is 11.1 Å². The molecule has 2 rings (SSSR count). The lowest BCUT2D eigenvalue weighted by atomic mass is 10.2. The molecule has 5 nitrogen and oxygen atoms in total. The van der Waals surface area contributed by atoms with Crippen molar-refractivity contribution in [2.24, 2.45) is 0 Å². The highest BCUT2D eigenvalue weighted by atomic mass is 35.5. The Kier molecular flexibility index (Phi) is 4.44. The molecule has 7 heteroatoms. The van der Waals surface area contributed by atoms with Gasteiger partial charge >= 0.3 is 0 Å². The molecule has 112 valence electrons. The summed E-state index contributed by atoms with van der Waals surface area (Å²) in [7, 11) is 0. The highest BCUT2D eigenvalue weighted by molar-refractivity contribution is 6.36. The molecule has 0 bridgehead atoms. The zero-order valence-electron chi connectivity index (χ0n) is 12.0. The van der Waals surface area contributed by atoms with Crippen molar-refractivity contribution in [1.29, 1.82) is 0 Å². The molecule has 0 aliphatic heterocycles. The van der Waals surface area contributed by atoms with E-state index < -0.39 is 0 Å². The summed E-state index contributed by atoms with van der Waals surface area (Å²) in [4.78, 5) is 12.1. The molecule has 0 atom stereocenters. The second-order valence-electron chi connectivity index (χ2n) is 4.87. The highest BCUT2D eigenvalue weighted by Gasteiger charge is 2.13. The first kappa shape index (κ1) is 15.7. The molecule has 0 spiro atoms. The lowest BCUT2D eigenvalue weighted by Crippen LogP contribution is -2.20. The van der Waals surface area contributed by atoms with Crippen LogP contribution in [0.1, 0.15) is 17.0 Å². The van der Waals surface area contributed by atoms with Crippen LogP contribution in [0.4, 0.5) is 11.4 Å². The fourth-order valence-electron chi connectivity index (χ4n) is 1.93. The summed E-state index contributed by atoms with van der Waals surface area (Å²) in [5.41, 5.74) is 9.23. The van der Waals surface area contributed by atoms with E-state index in [1.807, 2.05) is 13.8 Å². The number of nitrogens with two attached hydrogens (primary N) is 1. The molecule has 1 heterocycles. The molecule has 1 aromatic carbocycles. The second-order valence-corrected chi connectivity index (χ2v) is 5.69. The second kappa shape index (κ2) is 5.95. The molecule has 0 aliphatic carbocycles. The molecule has 0 saturated heterocycles. The molecule has 0 radical (unpaired) electrons. The monoisotopic (exact) mass is 326 g/mol. The number of hydrogen-bond donors (Lipinski definition) is 2. The van der Waals surface area contributed by atoms with Crippen LogP contribution in [-0.2, 0) is 11.3 Å². The van der Waals surface area contributed by atoms with E-state index in [1.165, 1.54) is 0 Å². The first-order valence-corrected chi connectivity index (χ1v) is 7.10. The zero-order chi connectivity index (χ0) is 15.7. The maximum absolute atomic E-state index is 12.1. The predicted octanol–water partition coefficient (Wildman–Crippen LogP) is 3.34. The standard InChI is InChI=1S/C14H16Cl2N4O/c1-7-4-11(16)12(5-10(7)15)18-13(21)6-20-9(3)14(17)8(2)19-20/h4-5H,6,17H2,1-3H3,(H,18,21). The largest absolute Gasteiger partial charge is 0.396 e. The van der Waals surface area contributed by atoms with Gasteiger partial charge in [0.1, 0.15) is 6.54 Å². The van der Waals surface area contributed by atoms with Crippen molar-refractivity contribution in [3.63, 3.8) is 0 Å². The Morgan fingerprint density at radius 1 is 1.29 bits per heavy atom. The number of amides is 1. The molecular formula is C14H16Cl2N4O. The van der Waals surface area contributed by atoms with Gasteiger partial charge in [0.25, 0.3) is 0 Å². The van der Waals surface area contributed by atoms with Crippen molar-refractivity contribution in [3.8, 4) is 0 Å². The Balaban J connectivity index is 2.15. The number of nitrogens with one attached hydrogen (secondary N) is 1. The summed E-state index contributed by atoms with van der Waals surface area (Å²) < 4.78 is 1.56. The highest BCUT2D eigenvalue weighted by Crippen LogP contribution is 2.28. The predicted molar refractivity (Wildman–Crippen MR) is 85.9 cm³/mol. The summed E-state index contributed by atoms with van der Waals surface area (Å²) >= 11 is 12.1. The number of benzene rings is 1. The molecular weight excluding hydrogens is 311 g/mol. The third kappa shape index (κ3) is 3.31. The number of anilines is 2. The smallest absolute Gasteiger partial charge is 0.246 e. The van der Waals surface area contributed by atoms with E-state index in [1.54, 1.807) is 23.7 Å². The molecule has 3 N–H and O–H groups in total. The van der Waals surface area contributed by atoms with Crippen LogP contribution in [0.2, 0.25) is 10.0 Å². The average Bonchev–Trinajstić information content (AvgIpc) is 2.63. The van der Waals surface area contributed by atoms with Crippen LogP contribution in [0, 0.1) is 20.8 Å². The normalized spacial score (nSPS) is 10.7. The van der Waals surface area contributed by atoms with Gasteiger partial charge in [0, 0.05) is 5.02 Å². The number of aryl methyl sites for hydroxylation is 2. The number of aromatic nitrogens is 2. The van der Waals surface area contributed by atoms with Gasteiger partial charge in [0.2, 0.25) is 5.91 Å². The third-order valence-electron chi connectivity index (χ3n) is 3.25. The Bertz CT molecular complexity index is 709. The van der Waals surface area contributed by atoms with E-state index in [9.17, 15) is 4.79 Å². The Morgan fingerprint density at radius 2 is 1.95 bits per heavy atom. The third-order valence-corrected chi connectivity index (χ3v) is 3.97. The molecule has 0 unspecified atom stereocenters. The fraction of sp³-hybridized carbons (Fsp3) is 0.286. The van der Waals surface area contributed by atoms with Crippen molar-refractivity contribution in [2.45, 2.75) is 27.3 Å². The topological polar surface area (TPSA) is 72.9 Å². The van der Waals surface area contributed by atoms with Gasteiger partial charge in [-0.1, -0.05) is 23.2 Å². The van der Waals surface area contributed by atoms with Crippen LogP contribution in [-0.4, -0.2) is 15.7 Å². The SMILES string of the molecule is Cc1cc(Cl)c(NC(=O)Cn2nc(C)c(N)c2C)cc1Cl.